The number of hydrogen-bond acceptors (Lipinski definition) is 5. The van der Waals surface area contributed by atoms with E-state index in [1.807, 2.05) is 0 Å². The number of nitrogens with zero attached hydrogens (tertiary/aromatic N) is 1. The molecule has 19 heavy (non-hydrogen) atoms. The molecule has 5 nitrogen and oxygen atoms in total. The van der Waals surface area contributed by atoms with Gasteiger partial charge in [0.2, 0.25) is 0 Å². The normalized spacial score (nSPS) is 16.9. The van der Waals surface area contributed by atoms with Crippen LogP contribution < -0.4 is 5.32 Å². The summed E-state index contributed by atoms with van der Waals surface area (Å²) in [5.41, 5.74) is 0. The lowest BCUT2D eigenvalue weighted by atomic mass is 10.0. The number of piperidine rings is 1. The number of carbonyl (C=O) groups is 1. The van der Waals surface area contributed by atoms with Gasteiger partial charge in [0.05, 0.1) is 13.2 Å². The van der Waals surface area contributed by atoms with Crippen LogP contribution in [0.25, 0.3) is 0 Å². The van der Waals surface area contributed by atoms with Crippen molar-refractivity contribution in [3.05, 3.63) is 0 Å². The van der Waals surface area contributed by atoms with Crippen molar-refractivity contribution in [2.24, 2.45) is 0 Å². The van der Waals surface area contributed by atoms with Crippen LogP contribution in [0, 0.1) is 0 Å². The van der Waals surface area contributed by atoms with Crippen LogP contribution in [0.5, 0.6) is 0 Å². The molecule has 6 heteroatoms. The van der Waals surface area contributed by atoms with Gasteiger partial charge in [0.15, 0.2) is 0 Å². The van der Waals surface area contributed by atoms with Crippen LogP contribution in [0.1, 0.15) is 32.6 Å². The highest BCUT2D eigenvalue weighted by atomic mass is 35.5. The van der Waals surface area contributed by atoms with Gasteiger partial charge in [-0.05, 0) is 45.3 Å². The molecule has 1 heterocycles. The van der Waals surface area contributed by atoms with Crippen molar-refractivity contribution in [2.75, 3.05) is 39.4 Å². The van der Waals surface area contributed by atoms with E-state index in [0.717, 1.165) is 51.9 Å². The maximum atomic E-state index is 10.5. The fourth-order valence-corrected chi connectivity index (χ4v) is 2.25. The molecule has 0 radical (unpaired) electrons. The van der Waals surface area contributed by atoms with Gasteiger partial charge in [-0.25, -0.2) is 0 Å². The quantitative estimate of drug-likeness (QED) is 0.512. The molecule has 1 saturated heterocycles. The Morgan fingerprint density at radius 2 is 2.05 bits per heavy atom. The standard InChI is InChI=1S/C13H26N2O3.ClH/c1-12(17)18-11-3-2-6-14-13-4-7-15(8-5-13)9-10-16;/h13-14,16H,2-11H2,1H3;1H. The van der Waals surface area contributed by atoms with Gasteiger partial charge in [0.1, 0.15) is 0 Å². The number of esters is 1. The van der Waals surface area contributed by atoms with Crippen molar-refractivity contribution in [2.45, 2.75) is 38.6 Å². The average Bonchev–Trinajstić information content (AvgIpc) is 2.35. The number of rotatable bonds is 8. The average molecular weight is 295 g/mol. The van der Waals surface area contributed by atoms with Crippen LogP contribution in [-0.4, -0.2) is 61.4 Å². The van der Waals surface area contributed by atoms with Crippen LogP contribution in [0.4, 0.5) is 0 Å². The highest BCUT2D eigenvalue weighted by molar-refractivity contribution is 5.85. The summed E-state index contributed by atoms with van der Waals surface area (Å²) in [4.78, 5) is 12.9. The van der Waals surface area contributed by atoms with Gasteiger partial charge in [0.25, 0.3) is 0 Å². The third-order valence-electron chi connectivity index (χ3n) is 3.31. The van der Waals surface area contributed by atoms with E-state index in [4.69, 9.17) is 9.84 Å². The molecule has 0 bridgehead atoms. The topological polar surface area (TPSA) is 61.8 Å². The first-order chi connectivity index (χ1) is 8.72. The molecule has 0 unspecified atom stereocenters. The van der Waals surface area contributed by atoms with E-state index in [9.17, 15) is 4.79 Å². The Hall–Kier alpha value is -0.360. The van der Waals surface area contributed by atoms with Crippen molar-refractivity contribution in [1.82, 2.24) is 10.2 Å². The summed E-state index contributed by atoms with van der Waals surface area (Å²) >= 11 is 0. The first-order valence-corrected chi connectivity index (χ1v) is 6.92. The lowest BCUT2D eigenvalue weighted by Gasteiger charge is -2.32. The molecular formula is C13H27ClN2O3. The van der Waals surface area contributed by atoms with Gasteiger partial charge in [0, 0.05) is 19.5 Å². The van der Waals surface area contributed by atoms with Gasteiger partial charge in [-0.3, -0.25) is 4.79 Å². The van der Waals surface area contributed by atoms with E-state index in [1.165, 1.54) is 6.92 Å². The lowest BCUT2D eigenvalue weighted by molar-refractivity contribution is -0.141. The van der Waals surface area contributed by atoms with Crippen LogP contribution in [-0.2, 0) is 9.53 Å². The molecule has 1 rings (SSSR count). The number of hydrogen-bond donors (Lipinski definition) is 2. The number of aliphatic hydroxyl groups excluding tert-OH is 1. The Labute approximate surface area is 122 Å². The third kappa shape index (κ3) is 9.21. The van der Waals surface area contributed by atoms with Crippen molar-refractivity contribution < 1.29 is 14.6 Å². The van der Waals surface area contributed by atoms with Crippen molar-refractivity contribution >= 4 is 18.4 Å². The monoisotopic (exact) mass is 294 g/mol. The fourth-order valence-electron chi connectivity index (χ4n) is 2.25. The number of β-amino-alcohol motifs (C(OH)–C–C–N with tert-alkyl or cyclic N) is 1. The minimum Gasteiger partial charge on any atom is -0.466 e. The minimum atomic E-state index is -0.195. The zero-order valence-electron chi connectivity index (χ0n) is 11.8. The number of aliphatic hydroxyl groups is 1. The SMILES string of the molecule is CC(=O)OCCCCNC1CCN(CCO)CC1.Cl. The molecule has 0 atom stereocenters. The molecule has 114 valence electrons. The fraction of sp³-hybridized carbons (Fsp3) is 0.923. The molecule has 0 aliphatic carbocycles. The van der Waals surface area contributed by atoms with E-state index < -0.39 is 0 Å². The van der Waals surface area contributed by atoms with Gasteiger partial charge in [-0.2, -0.15) is 0 Å². The molecule has 0 aromatic heterocycles. The highest BCUT2D eigenvalue weighted by Gasteiger charge is 2.17. The minimum absolute atomic E-state index is 0. The van der Waals surface area contributed by atoms with Gasteiger partial charge in [-0.1, -0.05) is 0 Å². The molecule has 2 N–H and O–H groups in total. The number of halogens is 1. The Morgan fingerprint density at radius 1 is 1.37 bits per heavy atom. The maximum Gasteiger partial charge on any atom is 0.302 e. The van der Waals surface area contributed by atoms with Gasteiger partial charge < -0.3 is 20.1 Å². The molecule has 1 fully saturated rings. The first kappa shape index (κ1) is 18.6. The number of carbonyl (C=O) groups excluding carboxylic acids is 1. The van der Waals surface area contributed by atoms with Crippen LogP contribution in [0.3, 0.4) is 0 Å². The molecule has 0 aromatic rings. The summed E-state index contributed by atoms with van der Waals surface area (Å²) in [5.74, 6) is -0.195. The second-order valence-corrected chi connectivity index (χ2v) is 4.84. The number of nitrogens with one attached hydrogen (secondary N) is 1. The molecule has 0 saturated carbocycles. The summed E-state index contributed by atoms with van der Waals surface area (Å²) < 4.78 is 4.88. The van der Waals surface area contributed by atoms with Gasteiger partial charge in [-0.15, -0.1) is 12.4 Å². The molecule has 0 aromatic carbocycles. The van der Waals surface area contributed by atoms with Crippen molar-refractivity contribution in [3.8, 4) is 0 Å². The van der Waals surface area contributed by atoms with Crippen LogP contribution >= 0.6 is 12.4 Å². The summed E-state index contributed by atoms with van der Waals surface area (Å²) in [6.07, 6.45) is 4.29. The summed E-state index contributed by atoms with van der Waals surface area (Å²) in [5, 5.41) is 12.4. The summed E-state index contributed by atoms with van der Waals surface area (Å²) in [6.45, 7) is 6.18. The number of unbranched alkanes of at least 4 members (excludes halogenated alkanes) is 1. The Morgan fingerprint density at radius 3 is 2.63 bits per heavy atom. The zero-order chi connectivity index (χ0) is 13.2. The van der Waals surface area contributed by atoms with Crippen molar-refractivity contribution in [1.29, 1.82) is 0 Å². The Bertz CT molecular complexity index is 234. The lowest BCUT2D eigenvalue weighted by Crippen LogP contribution is -2.43. The van der Waals surface area contributed by atoms with E-state index in [2.05, 4.69) is 10.2 Å². The molecular weight excluding hydrogens is 268 g/mol. The first-order valence-electron chi connectivity index (χ1n) is 6.92. The Kier molecular flexibility index (Phi) is 11.2. The second kappa shape index (κ2) is 11.5. The smallest absolute Gasteiger partial charge is 0.302 e. The van der Waals surface area contributed by atoms with Crippen LogP contribution in [0.2, 0.25) is 0 Å². The predicted octanol–water partition coefficient (Wildman–Crippen LogP) is 0.798. The predicted molar refractivity (Wildman–Crippen MR) is 77.7 cm³/mol. The van der Waals surface area contributed by atoms with Crippen LogP contribution in [0.15, 0.2) is 0 Å². The second-order valence-electron chi connectivity index (χ2n) is 4.84. The van der Waals surface area contributed by atoms with E-state index >= 15 is 0 Å². The molecule has 1 aliphatic rings. The van der Waals surface area contributed by atoms with Gasteiger partial charge >= 0.3 is 5.97 Å². The summed E-state index contributed by atoms with van der Waals surface area (Å²) in [7, 11) is 0. The highest BCUT2D eigenvalue weighted by Crippen LogP contribution is 2.09. The maximum absolute atomic E-state index is 10.5. The molecule has 0 amide bonds. The zero-order valence-corrected chi connectivity index (χ0v) is 12.6. The van der Waals surface area contributed by atoms with E-state index in [-0.39, 0.29) is 25.0 Å². The third-order valence-corrected chi connectivity index (χ3v) is 3.31. The van der Waals surface area contributed by atoms with E-state index in [1.54, 1.807) is 0 Å². The molecule has 0 spiro atoms. The largest absolute Gasteiger partial charge is 0.466 e. The number of ether oxygens (including phenoxy) is 1. The summed E-state index contributed by atoms with van der Waals surface area (Å²) in [6, 6.07) is 0.605. The van der Waals surface area contributed by atoms with E-state index in [0.29, 0.717) is 12.6 Å². The number of likely N-dealkylation sites (tertiary alicyclic amines) is 1. The molecule has 1 aliphatic heterocycles. The van der Waals surface area contributed by atoms with Crippen molar-refractivity contribution in [3.63, 3.8) is 0 Å². The Balaban J connectivity index is 0.00000324.